The van der Waals surface area contributed by atoms with Gasteiger partial charge in [-0.15, -0.1) is 0 Å². The first-order valence-electron chi connectivity index (χ1n) is 13.0. The van der Waals surface area contributed by atoms with Gasteiger partial charge in [0.15, 0.2) is 0 Å². The summed E-state index contributed by atoms with van der Waals surface area (Å²) in [5.74, 6) is 5.96. The standard InChI is InChI=1S/C23H32N6O.2C2H6/c1-16(2)29-12-8-18(9-13-29)17-4-6-20(7-5-17)23(10-3-11-23)27-22-25-14-19(15-26-22)21(30)28-24;2*1-2/h4-7,14-16,18H,3,8-13,24H2,1-2H3,(H,28,30)(H,25,26,27);2*1-2H3. The molecule has 4 rings (SSSR count). The molecule has 0 bridgehead atoms. The van der Waals surface area contributed by atoms with Gasteiger partial charge in [0.2, 0.25) is 5.95 Å². The SMILES string of the molecule is CC.CC.CC(C)N1CCC(c2ccc(C3(Nc4ncc(C(=O)NN)cn4)CCC3)cc2)CC1. The Hall–Kier alpha value is -2.51. The van der Waals surface area contributed by atoms with Gasteiger partial charge in [-0.05, 0) is 76.1 Å². The van der Waals surface area contributed by atoms with E-state index in [0.29, 0.717) is 23.5 Å². The van der Waals surface area contributed by atoms with Crippen molar-refractivity contribution in [2.24, 2.45) is 5.84 Å². The van der Waals surface area contributed by atoms with Gasteiger partial charge in [-0.2, -0.15) is 0 Å². The van der Waals surface area contributed by atoms with Crippen molar-refractivity contribution in [3.05, 3.63) is 53.3 Å². The molecule has 1 saturated heterocycles. The maximum Gasteiger partial charge on any atom is 0.268 e. The summed E-state index contributed by atoms with van der Waals surface area (Å²) in [5.41, 5.74) is 5.04. The van der Waals surface area contributed by atoms with E-state index < -0.39 is 5.91 Å². The molecule has 7 nitrogen and oxygen atoms in total. The number of nitrogens with zero attached hydrogens (tertiary/aromatic N) is 3. The number of nitrogens with one attached hydrogen (secondary N) is 2. The number of anilines is 1. The molecule has 7 heteroatoms. The first-order valence-corrected chi connectivity index (χ1v) is 13.0. The highest BCUT2D eigenvalue weighted by molar-refractivity contribution is 5.93. The van der Waals surface area contributed by atoms with Crippen LogP contribution in [-0.4, -0.2) is 39.9 Å². The third-order valence-corrected chi connectivity index (χ3v) is 6.80. The van der Waals surface area contributed by atoms with E-state index in [4.69, 9.17) is 5.84 Å². The Kier molecular flexibility index (Phi) is 10.9. The van der Waals surface area contributed by atoms with Crippen LogP contribution in [0.3, 0.4) is 0 Å². The zero-order valence-electron chi connectivity index (χ0n) is 21.9. The minimum Gasteiger partial charge on any atom is -0.345 e. The molecule has 0 spiro atoms. The average Bonchev–Trinajstić information content (AvgIpc) is 2.88. The third-order valence-electron chi connectivity index (χ3n) is 6.80. The van der Waals surface area contributed by atoms with Gasteiger partial charge < -0.3 is 10.2 Å². The number of aromatic nitrogens is 2. The molecule has 188 valence electrons. The summed E-state index contributed by atoms with van der Waals surface area (Å²) in [6, 6.07) is 9.79. The molecule has 4 N–H and O–H groups in total. The highest BCUT2D eigenvalue weighted by Crippen LogP contribution is 2.44. The summed E-state index contributed by atoms with van der Waals surface area (Å²) in [6.07, 6.45) is 8.74. The van der Waals surface area contributed by atoms with Crippen molar-refractivity contribution in [2.45, 2.75) is 91.1 Å². The highest BCUT2D eigenvalue weighted by atomic mass is 16.2. The summed E-state index contributed by atoms with van der Waals surface area (Å²) >= 11 is 0. The van der Waals surface area contributed by atoms with Crippen LogP contribution in [0.4, 0.5) is 5.95 Å². The molecule has 1 saturated carbocycles. The second-order valence-corrected chi connectivity index (χ2v) is 8.86. The molecular formula is C27H44N6O. The van der Waals surface area contributed by atoms with Crippen molar-refractivity contribution in [3.63, 3.8) is 0 Å². The van der Waals surface area contributed by atoms with Gasteiger partial charge in [-0.1, -0.05) is 52.0 Å². The van der Waals surface area contributed by atoms with Crippen LogP contribution in [0.2, 0.25) is 0 Å². The number of carbonyl (C=O) groups is 1. The van der Waals surface area contributed by atoms with Gasteiger partial charge in [0.1, 0.15) is 0 Å². The van der Waals surface area contributed by atoms with Crippen LogP contribution in [0.1, 0.15) is 101 Å². The molecule has 0 atom stereocenters. The van der Waals surface area contributed by atoms with E-state index in [-0.39, 0.29) is 5.54 Å². The first-order chi connectivity index (χ1) is 16.5. The lowest BCUT2D eigenvalue weighted by molar-refractivity contribution is 0.0953. The number of nitrogens with two attached hydrogens (primary N) is 1. The van der Waals surface area contributed by atoms with Crippen molar-refractivity contribution in [2.75, 3.05) is 18.4 Å². The number of hydrogen-bond donors (Lipinski definition) is 3. The molecule has 0 unspecified atom stereocenters. The number of piperidine rings is 1. The van der Waals surface area contributed by atoms with Crippen LogP contribution in [0.5, 0.6) is 0 Å². The van der Waals surface area contributed by atoms with Crippen molar-refractivity contribution >= 4 is 11.9 Å². The van der Waals surface area contributed by atoms with Gasteiger partial charge in [0.05, 0.1) is 11.1 Å². The van der Waals surface area contributed by atoms with Crippen LogP contribution in [0.25, 0.3) is 0 Å². The van der Waals surface area contributed by atoms with Gasteiger partial charge in [0.25, 0.3) is 5.91 Å². The molecule has 2 fully saturated rings. The van der Waals surface area contributed by atoms with E-state index in [9.17, 15) is 4.79 Å². The van der Waals surface area contributed by atoms with Crippen LogP contribution in [0.15, 0.2) is 36.7 Å². The number of rotatable bonds is 6. The predicted molar refractivity (Wildman–Crippen MR) is 141 cm³/mol. The number of hydrazine groups is 1. The molecule has 1 aliphatic heterocycles. The Morgan fingerprint density at radius 2 is 1.59 bits per heavy atom. The van der Waals surface area contributed by atoms with Crippen LogP contribution in [-0.2, 0) is 5.54 Å². The molecule has 1 aliphatic carbocycles. The fraction of sp³-hybridized carbons (Fsp3) is 0.593. The van der Waals surface area contributed by atoms with Crippen LogP contribution >= 0.6 is 0 Å². The van der Waals surface area contributed by atoms with Gasteiger partial charge in [-0.3, -0.25) is 10.2 Å². The predicted octanol–water partition coefficient (Wildman–Crippen LogP) is 5.21. The molecule has 2 aromatic rings. The largest absolute Gasteiger partial charge is 0.345 e. The van der Waals surface area contributed by atoms with E-state index >= 15 is 0 Å². The Morgan fingerprint density at radius 1 is 1.03 bits per heavy atom. The Morgan fingerprint density at radius 3 is 2.03 bits per heavy atom. The lowest BCUT2D eigenvalue weighted by atomic mass is 9.71. The quantitative estimate of drug-likeness (QED) is 0.306. The van der Waals surface area contributed by atoms with Gasteiger partial charge >= 0.3 is 0 Å². The van der Waals surface area contributed by atoms with Crippen molar-refractivity contribution < 1.29 is 4.79 Å². The summed E-state index contributed by atoms with van der Waals surface area (Å²) in [6.45, 7) is 14.9. The van der Waals surface area contributed by atoms with Crippen LogP contribution in [0, 0.1) is 0 Å². The number of nitrogen functional groups attached to an aromatic ring is 1. The number of benzene rings is 1. The topological polar surface area (TPSA) is 96.2 Å². The fourth-order valence-electron chi connectivity index (χ4n) is 4.65. The Labute approximate surface area is 205 Å². The normalized spacial score (nSPS) is 17.4. The zero-order chi connectivity index (χ0) is 25.1. The molecule has 1 amide bonds. The number of likely N-dealkylation sites (tertiary alicyclic amines) is 1. The van der Waals surface area contributed by atoms with E-state index in [1.165, 1.54) is 55.9 Å². The Balaban J connectivity index is 0.000000970. The minimum absolute atomic E-state index is 0.128. The van der Waals surface area contributed by atoms with Crippen LogP contribution < -0.4 is 16.6 Å². The van der Waals surface area contributed by atoms with E-state index in [0.717, 1.165) is 12.8 Å². The average molecular weight is 469 g/mol. The maximum absolute atomic E-state index is 11.6. The summed E-state index contributed by atoms with van der Waals surface area (Å²) in [7, 11) is 0. The van der Waals surface area contributed by atoms with Crippen molar-refractivity contribution in [3.8, 4) is 0 Å². The number of hydrogen-bond acceptors (Lipinski definition) is 6. The zero-order valence-corrected chi connectivity index (χ0v) is 21.9. The number of amides is 1. The van der Waals surface area contributed by atoms with Gasteiger partial charge in [0, 0.05) is 18.4 Å². The lowest BCUT2D eigenvalue weighted by Crippen LogP contribution is -2.42. The van der Waals surface area contributed by atoms with Crippen molar-refractivity contribution in [1.82, 2.24) is 20.3 Å². The highest BCUT2D eigenvalue weighted by Gasteiger charge is 2.39. The van der Waals surface area contributed by atoms with Gasteiger partial charge in [-0.25, -0.2) is 15.8 Å². The minimum atomic E-state index is -0.394. The molecule has 34 heavy (non-hydrogen) atoms. The monoisotopic (exact) mass is 468 g/mol. The van der Waals surface area contributed by atoms with Crippen molar-refractivity contribution in [1.29, 1.82) is 0 Å². The summed E-state index contributed by atoms with van der Waals surface area (Å²) in [5, 5.41) is 3.52. The molecule has 2 aliphatic rings. The number of carbonyl (C=O) groups excluding carboxylic acids is 1. The van der Waals surface area contributed by atoms with E-state index in [2.05, 4.69) is 63.7 Å². The second kappa shape index (κ2) is 13.4. The lowest BCUT2D eigenvalue weighted by Gasteiger charge is -2.43. The molecule has 1 aromatic heterocycles. The molecule has 2 heterocycles. The third kappa shape index (κ3) is 6.54. The Bertz CT molecular complexity index is 854. The molecular weight excluding hydrogens is 424 g/mol. The smallest absolute Gasteiger partial charge is 0.268 e. The second-order valence-electron chi connectivity index (χ2n) is 8.86. The first kappa shape index (κ1) is 27.7. The molecule has 0 radical (unpaired) electrons. The van der Waals surface area contributed by atoms with E-state index in [1.807, 2.05) is 27.7 Å². The van der Waals surface area contributed by atoms with E-state index in [1.54, 1.807) is 0 Å². The maximum atomic E-state index is 11.6. The summed E-state index contributed by atoms with van der Waals surface area (Å²) < 4.78 is 0. The fourth-order valence-corrected chi connectivity index (χ4v) is 4.65. The summed E-state index contributed by atoms with van der Waals surface area (Å²) in [4.78, 5) is 22.8. The molecule has 1 aromatic carbocycles.